The molecule has 0 unspecified atom stereocenters. The van der Waals surface area contributed by atoms with Gasteiger partial charge in [0.1, 0.15) is 0 Å². The Morgan fingerprint density at radius 3 is 2.44 bits per heavy atom. The number of nitrogens with two attached hydrogens (primary N) is 1. The average Bonchev–Trinajstić information content (AvgIpc) is 3.41. The zero-order valence-electron chi connectivity index (χ0n) is 17.6. The molecule has 3 heteroatoms. The molecule has 3 N–H and O–H groups in total. The Bertz CT molecular complexity index is 694. The molecule has 150 valence electrons. The summed E-state index contributed by atoms with van der Waals surface area (Å²) in [7, 11) is 0. The Morgan fingerprint density at radius 1 is 1.00 bits per heavy atom. The van der Waals surface area contributed by atoms with Gasteiger partial charge in [0.05, 0.1) is 5.70 Å². The third kappa shape index (κ3) is 2.33. The molecule has 0 bridgehead atoms. The van der Waals surface area contributed by atoms with Gasteiger partial charge in [0, 0.05) is 18.0 Å². The zero-order chi connectivity index (χ0) is 19.0. The predicted molar refractivity (Wildman–Crippen MR) is 109 cm³/mol. The van der Waals surface area contributed by atoms with Crippen molar-refractivity contribution in [3.8, 4) is 0 Å². The van der Waals surface area contributed by atoms with Gasteiger partial charge in [-0.2, -0.15) is 0 Å². The molecule has 0 aliphatic heterocycles. The SMILES string of the molecule is CC[C@@]1(NC2CC2)CC[C@H]2[C@@H]3CCC4=C(N)C(=O)CC[C@]4(C)[C@H]3CC[C@@]21C. The van der Waals surface area contributed by atoms with Crippen molar-refractivity contribution in [2.24, 2.45) is 34.3 Å². The van der Waals surface area contributed by atoms with Crippen LogP contribution in [0.25, 0.3) is 0 Å². The molecule has 5 aliphatic rings. The van der Waals surface area contributed by atoms with Crippen molar-refractivity contribution in [1.29, 1.82) is 0 Å². The van der Waals surface area contributed by atoms with Gasteiger partial charge in [-0.1, -0.05) is 20.8 Å². The summed E-state index contributed by atoms with van der Waals surface area (Å²) in [5, 5.41) is 4.16. The van der Waals surface area contributed by atoms with E-state index >= 15 is 0 Å². The molecule has 3 nitrogen and oxygen atoms in total. The summed E-state index contributed by atoms with van der Waals surface area (Å²) >= 11 is 0. The molecule has 0 aromatic rings. The molecule has 0 heterocycles. The van der Waals surface area contributed by atoms with Crippen LogP contribution >= 0.6 is 0 Å². The van der Waals surface area contributed by atoms with Crippen LogP contribution in [0.4, 0.5) is 0 Å². The van der Waals surface area contributed by atoms with E-state index in [1.165, 1.54) is 56.9 Å². The van der Waals surface area contributed by atoms with E-state index < -0.39 is 0 Å². The standard InChI is InChI=1S/C24H38N2O/c1-4-24(26-15-5-6-15)14-10-18-16-7-8-19-21(25)20(27)11-12-22(19,2)17(16)9-13-23(18,24)3/h15-18,26H,4-14,25H2,1-3H3/t16-,17+,18+,22-,23+,24-/m1/s1. The molecular weight excluding hydrogens is 332 g/mol. The lowest BCUT2D eigenvalue weighted by Crippen LogP contribution is -2.60. The molecule has 0 radical (unpaired) electrons. The summed E-state index contributed by atoms with van der Waals surface area (Å²) < 4.78 is 0. The molecule has 5 aliphatic carbocycles. The first kappa shape index (κ1) is 18.2. The van der Waals surface area contributed by atoms with E-state index in [0.717, 1.165) is 36.6 Å². The molecule has 4 saturated carbocycles. The van der Waals surface area contributed by atoms with Gasteiger partial charge in [0.2, 0.25) is 0 Å². The van der Waals surface area contributed by atoms with Crippen molar-refractivity contribution in [2.45, 2.75) is 103 Å². The number of carbonyl (C=O) groups is 1. The largest absolute Gasteiger partial charge is 0.396 e. The number of hydrogen-bond donors (Lipinski definition) is 2. The van der Waals surface area contributed by atoms with E-state index in [2.05, 4.69) is 26.1 Å². The number of nitrogens with one attached hydrogen (secondary N) is 1. The molecule has 0 aromatic heterocycles. The molecule has 0 amide bonds. The molecular formula is C24H38N2O. The Hall–Kier alpha value is -0.830. The topological polar surface area (TPSA) is 55.1 Å². The van der Waals surface area contributed by atoms with Gasteiger partial charge >= 0.3 is 0 Å². The number of rotatable bonds is 3. The average molecular weight is 371 g/mol. The van der Waals surface area contributed by atoms with E-state index in [4.69, 9.17) is 5.73 Å². The Balaban J connectivity index is 1.48. The summed E-state index contributed by atoms with van der Waals surface area (Å²) in [6, 6.07) is 0.792. The zero-order valence-corrected chi connectivity index (χ0v) is 17.6. The van der Waals surface area contributed by atoms with Crippen LogP contribution in [0.5, 0.6) is 0 Å². The van der Waals surface area contributed by atoms with Crippen LogP contribution in [0.1, 0.15) is 91.4 Å². The van der Waals surface area contributed by atoms with E-state index in [1.54, 1.807) is 0 Å². The Morgan fingerprint density at radius 2 is 1.74 bits per heavy atom. The van der Waals surface area contributed by atoms with Crippen LogP contribution in [0.15, 0.2) is 11.3 Å². The predicted octanol–water partition coefficient (Wildman–Crippen LogP) is 4.71. The lowest BCUT2D eigenvalue weighted by molar-refractivity contribution is -0.119. The highest BCUT2D eigenvalue weighted by atomic mass is 16.1. The first-order valence-corrected chi connectivity index (χ1v) is 11.6. The van der Waals surface area contributed by atoms with Crippen molar-refractivity contribution < 1.29 is 4.79 Å². The number of carbonyl (C=O) groups excluding carboxylic acids is 1. The minimum absolute atomic E-state index is 0.184. The summed E-state index contributed by atoms with van der Waals surface area (Å²) in [6.45, 7) is 7.50. The van der Waals surface area contributed by atoms with Crippen molar-refractivity contribution >= 4 is 5.78 Å². The maximum Gasteiger partial charge on any atom is 0.178 e. The Kier molecular flexibility index (Phi) is 3.94. The molecule has 4 fully saturated rings. The van der Waals surface area contributed by atoms with Gasteiger partial charge in [0.25, 0.3) is 0 Å². The minimum atomic E-state index is 0.184. The summed E-state index contributed by atoms with van der Waals surface area (Å²) in [5.41, 5.74) is 9.28. The van der Waals surface area contributed by atoms with Crippen molar-refractivity contribution in [2.75, 3.05) is 0 Å². The molecule has 0 spiro atoms. The van der Waals surface area contributed by atoms with Crippen molar-refractivity contribution in [1.82, 2.24) is 5.32 Å². The second-order valence-electron chi connectivity index (χ2n) is 11.0. The molecule has 6 atom stereocenters. The van der Waals surface area contributed by atoms with Gasteiger partial charge in [-0.3, -0.25) is 4.79 Å². The smallest absolute Gasteiger partial charge is 0.178 e. The fourth-order valence-corrected chi connectivity index (χ4v) is 8.43. The van der Waals surface area contributed by atoms with Gasteiger partial charge in [0.15, 0.2) is 5.78 Å². The van der Waals surface area contributed by atoms with Crippen LogP contribution in [-0.4, -0.2) is 17.4 Å². The molecule has 5 rings (SSSR count). The summed E-state index contributed by atoms with van der Waals surface area (Å²) in [6.07, 6.45) is 13.5. The van der Waals surface area contributed by atoms with E-state index in [0.29, 0.717) is 23.1 Å². The van der Waals surface area contributed by atoms with Crippen LogP contribution in [0.3, 0.4) is 0 Å². The lowest BCUT2D eigenvalue weighted by atomic mass is 9.45. The normalized spacial score (nSPS) is 49.6. The number of Topliss-reactive ketones (excluding diaryl/α,β-unsaturated/α-hetero) is 1. The fraction of sp³-hybridized carbons (Fsp3) is 0.875. The van der Waals surface area contributed by atoms with Crippen LogP contribution in [0, 0.1) is 28.6 Å². The quantitative estimate of drug-likeness (QED) is 0.757. The van der Waals surface area contributed by atoms with Crippen LogP contribution in [0.2, 0.25) is 0 Å². The van der Waals surface area contributed by atoms with Crippen molar-refractivity contribution in [3.63, 3.8) is 0 Å². The first-order chi connectivity index (χ1) is 12.8. The number of ketones is 1. The highest BCUT2D eigenvalue weighted by Gasteiger charge is 2.64. The molecule has 0 aromatic carbocycles. The Labute approximate surface area is 164 Å². The van der Waals surface area contributed by atoms with E-state index in [-0.39, 0.29) is 11.2 Å². The van der Waals surface area contributed by atoms with Gasteiger partial charge in [-0.05, 0) is 98.4 Å². The van der Waals surface area contributed by atoms with Gasteiger partial charge in [-0.25, -0.2) is 0 Å². The summed E-state index contributed by atoms with van der Waals surface area (Å²) in [5.74, 6) is 2.62. The third-order valence-electron chi connectivity index (χ3n) is 10.2. The lowest BCUT2D eigenvalue weighted by Gasteiger charge is -2.60. The molecule has 27 heavy (non-hydrogen) atoms. The minimum Gasteiger partial charge on any atom is -0.396 e. The number of fused-ring (bicyclic) bond motifs is 5. The highest BCUT2D eigenvalue weighted by molar-refractivity contribution is 5.96. The van der Waals surface area contributed by atoms with Crippen LogP contribution < -0.4 is 11.1 Å². The second kappa shape index (κ2) is 5.84. The van der Waals surface area contributed by atoms with Crippen LogP contribution in [-0.2, 0) is 4.79 Å². The second-order valence-corrected chi connectivity index (χ2v) is 11.0. The van der Waals surface area contributed by atoms with E-state index in [1.807, 2.05) is 0 Å². The first-order valence-electron chi connectivity index (χ1n) is 11.6. The van der Waals surface area contributed by atoms with Crippen molar-refractivity contribution in [3.05, 3.63) is 11.3 Å². The highest BCUT2D eigenvalue weighted by Crippen LogP contribution is 2.68. The molecule has 0 saturated heterocycles. The maximum absolute atomic E-state index is 12.2. The van der Waals surface area contributed by atoms with Gasteiger partial charge in [-0.15, -0.1) is 0 Å². The fourth-order valence-electron chi connectivity index (χ4n) is 8.43. The summed E-state index contributed by atoms with van der Waals surface area (Å²) in [4.78, 5) is 12.2. The number of hydrogen-bond acceptors (Lipinski definition) is 3. The monoisotopic (exact) mass is 370 g/mol. The third-order valence-corrected chi connectivity index (χ3v) is 10.2. The maximum atomic E-state index is 12.2. The van der Waals surface area contributed by atoms with E-state index in [9.17, 15) is 4.79 Å². The van der Waals surface area contributed by atoms with Gasteiger partial charge < -0.3 is 11.1 Å². The number of allylic oxidation sites excluding steroid dienone is 1.